The molecule has 0 aliphatic carbocycles. The van der Waals surface area contributed by atoms with Gasteiger partial charge in [0.15, 0.2) is 23.1 Å². The van der Waals surface area contributed by atoms with Gasteiger partial charge < -0.3 is 24.8 Å². The van der Waals surface area contributed by atoms with Crippen LogP contribution in [0.3, 0.4) is 0 Å². The van der Waals surface area contributed by atoms with Crippen molar-refractivity contribution in [1.29, 1.82) is 0 Å². The molecule has 0 atom stereocenters. The highest BCUT2D eigenvalue weighted by Crippen LogP contribution is 2.40. The lowest BCUT2D eigenvalue weighted by Crippen LogP contribution is -2.28. The molecule has 0 spiro atoms. The van der Waals surface area contributed by atoms with E-state index in [2.05, 4.69) is 20.8 Å². The largest absolute Gasteiger partial charge is 0.454 e. The molecule has 0 unspecified atom stereocenters. The van der Waals surface area contributed by atoms with Gasteiger partial charge in [-0.15, -0.1) is 0 Å². The molecule has 0 saturated carbocycles. The number of nitrogens with zero attached hydrogens (tertiary/aromatic N) is 3. The second kappa shape index (κ2) is 7.59. The molecule has 5 rings (SSSR count). The fourth-order valence-corrected chi connectivity index (χ4v) is 3.48. The fourth-order valence-electron chi connectivity index (χ4n) is 3.48. The Morgan fingerprint density at radius 1 is 1.07 bits per heavy atom. The van der Waals surface area contributed by atoms with Crippen LogP contribution in [0.2, 0.25) is 0 Å². The summed E-state index contributed by atoms with van der Waals surface area (Å²) in [5.41, 5.74) is 1.76. The van der Waals surface area contributed by atoms with Crippen molar-refractivity contribution in [1.82, 2.24) is 20.2 Å². The lowest BCUT2D eigenvalue weighted by Gasteiger charge is -2.24. The molecule has 1 saturated heterocycles. The molecule has 3 aromatic rings. The van der Waals surface area contributed by atoms with E-state index in [1.54, 1.807) is 0 Å². The summed E-state index contributed by atoms with van der Waals surface area (Å²) in [4.78, 5) is 9.46. The van der Waals surface area contributed by atoms with Crippen LogP contribution in [0, 0.1) is 6.92 Å². The molecular formula is C20H24N6O3. The van der Waals surface area contributed by atoms with Crippen LogP contribution in [0.5, 0.6) is 11.5 Å². The van der Waals surface area contributed by atoms with Gasteiger partial charge >= 0.3 is 0 Å². The van der Waals surface area contributed by atoms with E-state index < -0.39 is 0 Å². The number of hydrogen-bond donors (Lipinski definition) is 3. The van der Waals surface area contributed by atoms with Gasteiger partial charge in [0.05, 0.1) is 5.56 Å². The van der Waals surface area contributed by atoms with E-state index in [1.807, 2.05) is 37.3 Å². The SMILES string of the molecule is Cc1cc(Nc2cc(NC3CCOCC3)nc(-c3cccc4c3OCO4)n2)n[nH]1.[HH]. The maximum absolute atomic E-state index is 5.66. The Kier molecular flexibility index (Phi) is 4.65. The van der Waals surface area contributed by atoms with Crippen molar-refractivity contribution in [2.75, 3.05) is 30.6 Å². The Morgan fingerprint density at radius 2 is 1.93 bits per heavy atom. The van der Waals surface area contributed by atoms with Gasteiger partial charge in [-0.3, -0.25) is 5.10 Å². The first-order chi connectivity index (χ1) is 14.2. The van der Waals surface area contributed by atoms with Gasteiger partial charge in [-0.05, 0) is 31.9 Å². The molecule has 29 heavy (non-hydrogen) atoms. The van der Waals surface area contributed by atoms with E-state index >= 15 is 0 Å². The van der Waals surface area contributed by atoms with Crippen LogP contribution < -0.4 is 20.1 Å². The van der Waals surface area contributed by atoms with E-state index in [9.17, 15) is 0 Å². The van der Waals surface area contributed by atoms with Gasteiger partial charge in [-0.1, -0.05) is 6.07 Å². The summed E-state index contributed by atoms with van der Waals surface area (Å²) in [7, 11) is 0. The Labute approximate surface area is 169 Å². The average Bonchev–Trinajstić information content (AvgIpc) is 3.37. The molecule has 0 radical (unpaired) electrons. The Balaban J connectivity index is 0.00000218. The molecule has 0 amide bonds. The lowest BCUT2D eigenvalue weighted by atomic mass is 10.1. The maximum Gasteiger partial charge on any atom is 0.231 e. The van der Waals surface area contributed by atoms with E-state index in [1.165, 1.54) is 0 Å². The van der Waals surface area contributed by atoms with E-state index in [-0.39, 0.29) is 8.22 Å². The predicted octanol–water partition coefficient (Wildman–Crippen LogP) is 3.48. The second-order valence-electron chi connectivity index (χ2n) is 7.09. The number of aryl methyl sites for hydroxylation is 1. The van der Waals surface area contributed by atoms with Crippen LogP contribution in [0.25, 0.3) is 11.4 Å². The van der Waals surface area contributed by atoms with Crippen LogP contribution in [0.1, 0.15) is 20.0 Å². The van der Waals surface area contributed by atoms with Crippen molar-refractivity contribution < 1.29 is 15.6 Å². The van der Waals surface area contributed by atoms with Gasteiger partial charge in [-0.2, -0.15) is 5.10 Å². The van der Waals surface area contributed by atoms with Crippen LogP contribution >= 0.6 is 0 Å². The fraction of sp³-hybridized carbons (Fsp3) is 0.350. The Bertz CT molecular complexity index is 1020. The quantitative estimate of drug-likeness (QED) is 0.602. The molecule has 152 valence electrons. The average molecular weight is 396 g/mol. The summed E-state index contributed by atoms with van der Waals surface area (Å²) in [5.74, 6) is 4.01. The summed E-state index contributed by atoms with van der Waals surface area (Å²) in [6.07, 6.45) is 1.89. The predicted molar refractivity (Wildman–Crippen MR) is 110 cm³/mol. The van der Waals surface area contributed by atoms with Crippen molar-refractivity contribution in [3.8, 4) is 22.9 Å². The van der Waals surface area contributed by atoms with Gasteiger partial charge in [-0.25, -0.2) is 9.97 Å². The molecule has 2 aliphatic heterocycles. The number of H-pyrrole nitrogens is 1. The molecule has 9 heteroatoms. The van der Waals surface area contributed by atoms with Gasteiger partial charge in [0, 0.05) is 38.5 Å². The lowest BCUT2D eigenvalue weighted by molar-refractivity contribution is 0.0904. The minimum absolute atomic E-state index is 0. The molecule has 9 nitrogen and oxygen atoms in total. The normalized spacial score (nSPS) is 16.0. The molecule has 2 aliphatic rings. The van der Waals surface area contributed by atoms with Crippen molar-refractivity contribution in [3.63, 3.8) is 0 Å². The van der Waals surface area contributed by atoms with Crippen LogP contribution in [-0.4, -0.2) is 46.2 Å². The summed E-state index contributed by atoms with van der Waals surface area (Å²) < 4.78 is 16.6. The Morgan fingerprint density at radius 3 is 2.76 bits per heavy atom. The minimum atomic E-state index is 0. The van der Waals surface area contributed by atoms with Gasteiger partial charge in [0.25, 0.3) is 0 Å². The number of anilines is 3. The highest BCUT2D eigenvalue weighted by Gasteiger charge is 2.22. The third-order valence-electron chi connectivity index (χ3n) is 4.90. The molecule has 2 aromatic heterocycles. The smallest absolute Gasteiger partial charge is 0.231 e. The molecule has 0 bridgehead atoms. The summed E-state index contributed by atoms with van der Waals surface area (Å²) >= 11 is 0. The zero-order valence-corrected chi connectivity index (χ0v) is 16.1. The zero-order chi connectivity index (χ0) is 19.6. The first-order valence-corrected chi connectivity index (χ1v) is 9.66. The molecule has 4 heterocycles. The topological polar surface area (TPSA) is 106 Å². The summed E-state index contributed by atoms with van der Waals surface area (Å²) in [6.45, 7) is 3.66. The van der Waals surface area contributed by atoms with Gasteiger partial charge in [0.2, 0.25) is 6.79 Å². The third kappa shape index (κ3) is 3.81. The van der Waals surface area contributed by atoms with Gasteiger partial charge in [0.1, 0.15) is 11.6 Å². The molecule has 1 aromatic carbocycles. The number of ether oxygens (including phenoxy) is 3. The van der Waals surface area contributed by atoms with Crippen LogP contribution in [-0.2, 0) is 4.74 Å². The number of aromatic amines is 1. The van der Waals surface area contributed by atoms with Crippen molar-refractivity contribution in [2.45, 2.75) is 25.8 Å². The number of benzene rings is 1. The number of para-hydroxylation sites is 1. The number of hydrogen-bond acceptors (Lipinski definition) is 8. The highest BCUT2D eigenvalue weighted by molar-refractivity contribution is 5.72. The number of nitrogens with one attached hydrogen (secondary N) is 3. The first kappa shape index (κ1) is 17.7. The maximum atomic E-state index is 5.66. The van der Waals surface area contributed by atoms with E-state index in [4.69, 9.17) is 24.2 Å². The van der Waals surface area contributed by atoms with E-state index in [0.29, 0.717) is 35.0 Å². The minimum Gasteiger partial charge on any atom is -0.454 e. The standard InChI is InChI=1S/C20H22N6O3.H2/c1-12-9-18(26-25-12)22-17-10-16(21-13-5-7-27-8-6-13)23-20(24-17)14-3-2-4-15-19(14)29-11-28-15;/h2-4,9-10,13H,5-8,11H2,1H3,(H3,21,22,23,24,25,26);1H. The summed E-state index contributed by atoms with van der Waals surface area (Å²) in [5, 5.41) is 13.9. The molecular weight excluding hydrogens is 372 g/mol. The number of fused-ring (bicyclic) bond motifs is 1. The molecule has 1 fully saturated rings. The van der Waals surface area contributed by atoms with Crippen molar-refractivity contribution in [3.05, 3.63) is 36.0 Å². The van der Waals surface area contributed by atoms with Crippen molar-refractivity contribution in [2.24, 2.45) is 0 Å². The number of aromatic nitrogens is 4. The second-order valence-corrected chi connectivity index (χ2v) is 7.09. The van der Waals surface area contributed by atoms with E-state index in [0.717, 1.165) is 43.1 Å². The molecule has 3 N–H and O–H groups in total. The van der Waals surface area contributed by atoms with Crippen LogP contribution in [0.15, 0.2) is 30.3 Å². The third-order valence-corrected chi connectivity index (χ3v) is 4.90. The monoisotopic (exact) mass is 396 g/mol. The zero-order valence-electron chi connectivity index (χ0n) is 16.1. The van der Waals surface area contributed by atoms with Crippen molar-refractivity contribution >= 4 is 17.5 Å². The Hall–Kier alpha value is -3.33. The number of rotatable bonds is 5. The van der Waals surface area contributed by atoms with Crippen LogP contribution in [0.4, 0.5) is 17.5 Å². The first-order valence-electron chi connectivity index (χ1n) is 9.66. The highest BCUT2D eigenvalue weighted by atomic mass is 16.7. The summed E-state index contributed by atoms with van der Waals surface area (Å²) in [6, 6.07) is 9.85.